The summed E-state index contributed by atoms with van der Waals surface area (Å²) in [5.74, 6) is 0. The van der Waals surface area contributed by atoms with Crippen LogP contribution in [0, 0.1) is 0 Å². The number of ether oxygens (including phenoxy) is 1. The van der Waals surface area contributed by atoms with Crippen molar-refractivity contribution >= 4 is 6.16 Å². The lowest BCUT2D eigenvalue weighted by atomic mass is 10.3. The van der Waals surface area contributed by atoms with Crippen molar-refractivity contribution < 1.29 is 19.0 Å². The lowest BCUT2D eigenvalue weighted by Gasteiger charge is -2.07. The minimum absolute atomic E-state index is 0.378. The van der Waals surface area contributed by atoms with Crippen LogP contribution in [0.4, 0.5) is 9.18 Å². The quantitative estimate of drug-likeness (QED) is 0.597. The van der Waals surface area contributed by atoms with Gasteiger partial charge in [0.15, 0.2) is 0 Å². The Labute approximate surface area is 52.4 Å². The number of carbonyl (C=O) groups is 1. The lowest BCUT2D eigenvalue weighted by molar-refractivity contribution is 0.0391. The first-order chi connectivity index (χ1) is 4.20. The van der Waals surface area contributed by atoms with Gasteiger partial charge in [0, 0.05) is 0 Å². The molecular formula is C5H9FO3. The molecule has 1 N–H and O–H groups in total. The minimum Gasteiger partial charge on any atom is -0.450 e. The summed E-state index contributed by atoms with van der Waals surface area (Å²) in [4.78, 5) is 9.74. The summed E-state index contributed by atoms with van der Waals surface area (Å²) >= 11 is 0. The van der Waals surface area contributed by atoms with Gasteiger partial charge >= 0.3 is 6.16 Å². The van der Waals surface area contributed by atoms with Crippen LogP contribution >= 0.6 is 0 Å². The summed E-state index contributed by atoms with van der Waals surface area (Å²) in [5, 5.41) is 7.96. The summed E-state index contributed by atoms with van der Waals surface area (Å²) in [7, 11) is 0. The van der Waals surface area contributed by atoms with Gasteiger partial charge in [-0.2, -0.15) is 0 Å². The highest BCUT2D eigenvalue weighted by Gasteiger charge is 2.09. The molecule has 0 amide bonds. The van der Waals surface area contributed by atoms with Crippen molar-refractivity contribution in [3.05, 3.63) is 0 Å². The Hall–Kier alpha value is -0.800. The van der Waals surface area contributed by atoms with Crippen molar-refractivity contribution in [2.45, 2.75) is 19.4 Å². The zero-order chi connectivity index (χ0) is 7.28. The van der Waals surface area contributed by atoms with Crippen LogP contribution in [0.2, 0.25) is 0 Å². The molecule has 0 aromatic heterocycles. The second-order valence-corrected chi connectivity index (χ2v) is 1.57. The number of halogens is 1. The molecule has 0 rings (SSSR count). The predicted molar refractivity (Wildman–Crippen MR) is 29.2 cm³/mol. The molecule has 0 aliphatic heterocycles. The smallest absolute Gasteiger partial charge is 0.450 e. The number of hydrogen-bond donors (Lipinski definition) is 1. The fourth-order valence-corrected chi connectivity index (χ4v) is 0.367. The molecule has 1 atom stereocenters. The van der Waals surface area contributed by atoms with E-state index in [0.29, 0.717) is 6.42 Å². The Morgan fingerprint density at radius 3 is 2.56 bits per heavy atom. The molecule has 0 spiro atoms. The molecule has 0 bridgehead atoms. The van der Waals surface area contributed by atoms with Crippen molar-refractivity contribution in [1.29, 1.82) is 0 Å². The highest BCUT2D eigenvalue weighted by Crippen LogP contribution is 1.97. The van der Waals surface area contributed by atoms with Gasteiger partial charge in [-0.1, -0.05) is 6.92 Å². The molecule has 4 heteroatoms. The van der Waals surface area contributed by atoms with Crippen LogP contribution in [0.25, 0.3) is 0 Å². The van der Waals surface area contributed by atoms with Crippen LogP contribution in [0.15, 0.2) is 0 Å². The largest absolute Gasteiger partial charge is 0.506 e. The first kappa shape index (κ1) is 8.20. The fraction of sp³-hybridized carbons (Fsp3) is 0.800. The molecular weight excluding hydrogens is 127 g/mol. The van der Waals surface area contributed by atoms with E-state index in [0.717, 1.165) is 0 Å². The Morgan fingerprint density at radius 1 is 1.89 bits per heavy atom. The van der Waals surface area contributed by atoms with Gasteiger partial charge in [-0.25, -0.2) is 9.18 Å². The Bertz CT molecular complexity index is 90.2. The summed E-state index contributed by atoms with van der Waals surface area (Å²) in [6, 6.07) is 0. The highest BCUT2D eigenvalue weighted by molar-refractivity contribution is 5.57. The first-order valence-corrected chi connectivity index (χ1v) is 2.66. The summed E-state index contributed by atoms with van der Waals surface area (Å²) in [5.41, 5.74) is 0. The third-order valence-corrected chi connectivity index (χ3v) is 0.895. The number of alkyl halides is 1. The average Bonchev–Trinajstić information content (AvgIpc) is 1.82. The molecule has 0 heterocycles. The third kappa shape index (κ3) is 3.76. The topological polar surface area (TPSA) is 46.5 Å². The van der Waals surface area contributed by atoms with E-state index in [-0.39, 0.29) is 0 Å². The van der Waals surface area contributed by atoms with Crippen LogP contribution < -0.4 is 0 Å². The molecule has 0 aromatic carbocycles. The number of rotatable bonds is 3. The second kappa shape index (κ2) is 4.12. The fourth-order valence-electron chi connectivity index (χ4n) is 0.367. The van der Waals surface area contributed by atoms with Gasteiger partial charge < -0.3 is 9.84 Å². The number of hydrogen-bond acceptors (Lipinski definition) is 2. The van der Waals surface area contributed by atoms with Crippen LogP contribution in [0.1, 0.15) is 13.3 Å². The Balaban J connectivity index is 3.43. The zero-order valence-electron chi connectivity index (χ0n) is 5.13. The summed E-state index contributed by atoms with van der Waals surface area (Å²) in [6.07, 6.45) is -1.83. The Morgan fingerprint density at radius 2 is 2.44 bits per heavy atom. The average molecular weight is 136 g/mol. The lowest BCUT2D eigenvalue weighted by Crippen LogP contribution is -2.17. The zero-order valence-corrected chi connectivity index (χ0v) is 5.13. The van der Waals surface area contributed by atoms with Gasteiger partial charge in [-0.05, 0) is 6.42 Å². The predicted octanol–water partition coefficient (Wildman–Crippen LogP) is 1.43. The van der Waals surface area contributed by atoms with E-state index in [4.69, 9.17) is 5.11 Å². The van der Waals surface area contributed by atoms with Gasteiger partial charge in [-0.15, -0.1) is 0 Å². The maximum atomic E-state index is 11.6. The van der Waals surface area contributed by atoms with Gasteiger partial charge in [0.1, 0.15) is 12.8 Å². The third-order valence-electron chi connectivity index (χ3n) is 0.895. The Kier molecular flexibility index (Phi) is 3.75. The molecule has 54 valence electrons. The molecule has 1 unspecified atom stereocenters. The molecule has 0 fully saturated rings. The van der Waals surface area contributed by atoms with Crippen LogP contribution in [-0.4, -0.2) is 24.0 Å². The van der Waals surface area contributed by atoms with Gasteiger partial charge in [0.2, 0.25) is 0 Å². The minimum atomic E-state index is -1.42. The van der Waals surface area contributed by atoms with E-state index in [1.54, 1.807) is 6.92 Å². The molecule has 0 aliphatic carbocycles. The van der Waals surface area contributed by atoms with Gasteiger partial charge in [-0.3, -0.25) is 0 Å². The number of carboxylic acid groups (broad SMARTS) is 1. The van der Waals surface area contributed by atoms with Crippen LogP contribution in [0.3, 0.4) is 0 Å². The second-order valence-electron chi connectivity index (χ2n) is 1.57. The molecule has 0 saturated heterocycles. The summed E-state index contributed by atoms with van der Waals surface area (Å²) in [6.45, 7) is 0.913. The normalized spacial score (nSPS) is 12.7. The molecule has 0 aliphatic rings. The standard InChI is InChI=1S/C5H9FO3/c1-2-4(3-6)9-5(7)8/h4H,2-3H2,1H3,(H,7,8). The highest BCUT2D eigenvalue weighted by atomic mass is 19.1. The molecule has 9 heavy (non-hydrogen) atoms. The van der Waals surface area contributed by atoms with E-state index < -0.39 is 18.9 Å². The van der Waals surface area contributed by atoms with Crippen molar-refractivity contribution in [1.82, 2.24) is 0 Å². The SMILES string of the molecule is CCC(CF)OC(=O)O. The van der Waals surface area contributed by atoms with Crippen molar-refractivity contribution in [2.75, 3.05) is 6.67 Å². The van der Waals surface area contributed by atoms with E-state index in [1.807, 2.05) is 0 Å². The van der Waals surface area contributed by atoms with Crippen molar-refractivity contribution in [2.24, 2.45) is 0 Å². The van der Waals surface area contributed by atoms with Gasteiger partial charge in [0.05, 0.1) is 0 Å². The van der Waals surface area contributed by atoms with E-state index in [1.165, 1.54) is 0 Å². The molecule has 0 radical (unpaired) electrons. The molecule has 0 aromatic rings. The van der Waals surface area contributed by atoms with E-state index in [2.05, 4.69) is 4.74 Å². The molecule has 3 nitrogen and oxygen atoms in total. The van der Waals surface area contributed by atoms with Crippen LogP contribution in [-0.2, 0) is 4.74 Å². The maximum absolute atomic E-state index is 11.6. The van der Waals surface area contributed by atoms with Crippen molar-refractivity contribution in [3.8, 4) is 0 Å². The van der Waals surface area contributed by atoms with E-state index in [9.17, 15) is 9.18 Å². The van der Waals surface area contributed by atoms with Crippen molar-refractivity contribution in [3.63, 3.8) is 0 Å². The first-order valence-electron chi connectivity index (χ1n) is 2.66. The van der Waals surface area contributed by atoms with Crippen LogP contribution in [0.5, 0.6) is 0 Å². The summed E-state index contributed by atoms with van der Waals surface area (Å²) < 4.78 is 15.7. The monoisotopic (exact) mass is 136 g/mol. The maximum Gasteiger partial charge on any atom is 0.506 e. The van der Waals surface area contributed by atoms with Gasteiger partial charge in [0.25, 0.3) is 0 Å². The van der Waals surface area contributed by atoms with E-state index >= 15 is 0 Å². The molecule has 0 saturated carbocycles.